The molecule has 2 heterocycles. The first-order valence-electron chi connectivity index (χ1n) is 11.1. The lowest BCUT2D eigenvalue weighted by Crippen LogP contribution is -2.44. The molecule has 2 aromatic carbocycles. The van der Waals surface area contributed by atoms with E-state index in [1.807, 2.05) is 0 Å². The van der Waals surface area contributed by atoms with Crippen molar-refractivity contribution >= 4 is 17.3 Å². The summed E-state index contributed by atoms with van der Waals surface area (Å²) >= 11 is 0. The normalized spacial score (nSPS) is 21.9. The number of hydrogen-bond acceptors (Lipinski definition) is 3. The molecule has 0 saturated carbocycles. The summed E-state index contributed by atoms with van der Waals surface area (Å²) in [5, 5.41) is 9.60. The Morgan fingerprint density at radius 3 is 2.21 bits per heavy atom. The smallest absolute Gasteiger partial charge is 0.308 e. The Hall–Kier alpha value is -2.33. The SMILES string of the molecule is CCC1CCN(CCCN2c3ccccc3CCc3ccccc32)CC1C(=O)O. The molecule has 4 nitrogen and oxygen atoms in total. The number of para-hydroxylation sites is 2. The van der Waals surface area contributed by atoms with Gasteiger partial charge in [-0.2, -0.15) is 0 Å². The van der Waals surface area contributed by atoms with E-state index in [1.165, 1.54) is 22.5 Å². The van der Waals surface area contributed by atoms with Crippen LogP contribution < -0.4 is 4.90 Å². The van der Waals surface area contributed by atoms with Gasteiger partial charge in [0, 0.05) is 24.5 Å². The maximum Gasteiger partial charge on any atom is 0.308 e. The molecule has 4 heteroatoms. The molecule has 2 aliphatic rings. The van der Waals surface area contributed by atoms with Crippen molar-refractivity contribution in [2.75, 3.05) is 31.1 Å². The van der Waals surface area contributed by atoms with Gasteiger partial charge in [-0.1, -0.05) is 49.7 Å². The topological polar surface area (TPSA) is 43.8 Å². The Bertz CT molecular complexity index is 803. The number of benzene rings is 2. The second kappa shape index (κ2) is 9.00. The molecule has 0 bridgehead atoms. The van der Waals surface area contributed by atoms with Crippen LogP contribution in [0, 0.1) is 11.8 Å². The van der Waals surface area contributed by atoms with E-state index >= 15 is 0 Å². The van der Waals surface area contributed by atoms with Crippen molar-refractivity contribution in [1.82, 2.24) is 4.90 Å². The number of aryl methyl sites for hydroxylation is 2. The average Bonchev–Trinajstić information content (AvgIpc) is 2.91. The second-order valence-corrected chi connectivity index (χ2v) is 8.46. The van der Waals surface area contributed by atoms with E-state index in [-0.39, 0.29) is 5.92 Å². The Morgan fingerprint density at radius 2 is 1.62 bits per heavy atom. The zero-order valence-corrected chi connectivity index (χ0v) is 17.4. The third-order valence-corrected chi connectivity index (χ3v) is 6.77. The quantitative estimate of drug-likeness (QED) is 0.771. The van der Waals surface area contributed by atoms with E-state index in [1.54, 1.807) is 0 Å². The van der Waals surface area contributed by atoms with E-state index in [0.717, 1.165) is 51.7 Å². The van der Waals surface area contributed by atoms with Crippen molar-refractivity contribution in [2.24, 2.45) is 11.8 Å². The highest BCUT2D eigenvalue weighted by molar-refractivity contribution is 5.71. The maximum atomic E-state index is 11.7. The molecule has 154 valence electrons. The minimum atomic E-state index is -0.628. The Labute approximate surface area is 174 Å². The summed E-state index contributed by atoms with van der Waals surface area (Å²) in [5.74, 6) is -0.515. The number of carbonyl (C=O) groups is 1. The standard InChI is InChI=1S/C25H32N2O2/c1-2-19-14-17-26(18-22(19)25(28)29)15-7-16-27-23-10-5-3-8-20(23)12-13-21-9-4-6-11-24(21)27/h3-6,8-11,19,22H,2,7,12-18H2,1H3,(H,28,29). The van der Waals surface area contributed by atoms with Crippen molar-refractivity contribution in [3.8, 4) is 0 Å². The van der Waals surface area contributed by atoms with E-state index in [0.29, 0.717) is 12.5 Å². The van der Waals surface area contributed by atoms with Crippen LogP contribution in [0.2, 0.25) is 0 Å². The van der Waals surface area contributed by atoms with Crippen LogP contribution in [0.15, 0.2) is 48.5 Å². The largest absolute Gasteiger partial charge is 0.481 e. The van der Waals surface area contributed by atoms with Gasteiger partial charge in [-0.15, -0.1) is 0 Å². The first-order valence-corrected chi connectivity index (χ1v) is 11.1. The van der Waals surface area contributed by atoms with Gasteiger partial charge in [0.25, 0.3) is 0 Å². The highest BCUT2D eigenvalue weighted by Crippen LogP contribution is 2.36. The van der Waals surface area contributed by atoms with Gasteiger partial charge in [-0.3, -0.25) is 4.79 Å². The summed E-state index contributed by atoms with van der Waals surface area (Å²) in [7, 11) is 0. The number of aliphatic carboxylic acids is 1. The summed E-state index contributed by atoms with van der Waals surface area (Å²) in [4.78, 5) is 16.5. The van der Waals surface area contributed by atoms with E-state index in [4.69, 9.17) is 0 Å². The van der Waals surface area contributed by atoms with Gasteiger partial charge in [0.1, 0.15) is 0 Å². The molecule has 29 heavy (non-hydrogen) atoms. The molecule has 0 amide bonds. The number of rotatable bonds is 6. The molecule has 0 aromatic heterocycles. The number of piperidine rings is 1. The van der Waals surface area contributed by atoms with Crippen molar-refractivity contribution in [3.63, 3.8) is 0 Å². The van der Waals surface area contributed by atoms with Crippen molar-refractivity contribution in [3.05, 3.63) is 59.7 Å². The van der Waals surface area contributed by atoms with Crippen LogP contribution >= 0.6 is 0 Å². The summed E-state index contributed by atoms with van der Waals surface area (Å²) in [6.07, 6.45) is 5.16. The lowest BCUT2D eigenvalue weighted by molar-refractivity contribution is -0.146. The molecule has 1 N–H and O–H groups in total. The first kappa shape index (κ1) is 20.0. The molecule has 1 fully saturated rings. The zero-order valence-electron chi connectivity index (χ0n) is 17.4. The highest BCUT2D eigenvalue weighted by Gasteiger charge is 2.33. The molecular weight excluding hydrogens is 360 g/mol. The number of hydrogen-bond donors (Lipinski definition) is 1. The fourth-order valence-electron chi connectivity index (χ4n) is 5.10. The lowest BCUT2D eigenvalue weighted by Gasteiger charge is -2.36. The van der Waals surface area contributed by atoms with Crippen LogP contribution in [-0.2, 0) is 17.6 Å². The van der Waals surface area contributed by atoms with Gasteiger partial charge in [0.05, 0.1) is 5.92 Å². The number of likely N-dealkylation sites (tertiary alicyclic amines) is 1. The molecule has 2 atom stereocenters. The maximum absolute atomic E-state index is 11.7. The second-order valence-electron chi connectivity index (χ2n) is 8.46. The molecule has 0 radical (unpaired) electrons. The predicted octanol–water partition coefficient (Wildman–Crippen LogP) is 4.75. The zero-order chi connectivity index (χ0) is 20.2. The van der Waals surface area contributed by atoms with Crippen molar-refractivity contribution in [1.29, 1.82) is 0 Å². The average molecular weight is 393 g/mol. The summed E-state index contributed by atoms with van der Waals surface area (Å²) in [6, 6.07) is 17.5. The first-order chi connectivity index (χ1) is 14.2. The summed E-state index contributed by atoms with van der Waals surface area (Å²) in [6.45, 7) is 5.75. The van der Waals surface area contributed by atoms with Gasteiger partial charge in [-0.25, -0.2) is 0 Å². The molecule has 0 spiro atoms. The van der Waals surface area contributed by atoms with Crippen LogP contribution in [0.5, 0.6) is 0 Å². The highest BCUT2D eigenvalue weighted by atomic mass is 16.4. The number of anilines is 2. The Morgan fingerprint density at radius 1 is 1.00 bits per heavy atom. The lowest BCUT2D eigenvalue weighted by atomic mass is 9.83. The van der Waals surface area contributed by atoms with Crippen LogP contribution in [0.3, 0.4) is 0 Å². The van der Waals surface area contributed by atoms with E-state index in [2.05, 4.69) is 65.3 Å². The third kappa shape index (κ3) is 4.32. The molecule has 2 unspecified atom stereocenters. The number of carboxylic acid groups (broad SMARTS) is 1. The number of fused-ring (bicyclic) bond motifs is 2. The third-order valence-electron chi connectivity index (χ3n) is 6.77. The summed E-state index contributed by atoms with van der Waals surface area (Å²) in [5.41, 5.74) is 5.48. The molecular formula is C25H32N2O2. The fraction of sp³-hybridized carbons (Fsp3) is 0.480. The van der Waals surface area contributed by atoms with Crippen LogP contribution in [0.1, 0.15) is 37.3 Å². The minimum Gasteiger partial charge on any atom is -0.481 e. The molecule has 1 saturated heterocycles. The van der Waals surface area contributed by atoms with Gasteiger partial charge >= 0.3 is 5.97 Å². The molecule has 0 aliphatic carbocycles. The Balaban J connectivity index is 1.45. The molecule has 4 rings (SSSR count). The fourth-order valence-corrected chi connectivity index (χ4v) is 5.10. The van der Waals surface area contributed by atoms with Gasteiger partial charge in [0.2, 0.25) is 0 Å². The minimum absolute atomic E-state index is 0.214. The molecule has 2 aromatic rings. The summed E-state index contributed by atoms with van der Waals surface area (Å²) < 4.78 is 0. The van der Waals surface area contributed by atoms with Crippen LogP contribution in [0.25, 0.3) is 0 Å². The van der Waals surface area contributed by atoms with E-state index in [9.17, 15) is 9.90 Å². The van der Waals surface area contributed by atoms with Gasteiger partial charge < -0.3 is 14.9 Å². The predicted molar refractivity (Wildman–Crippen MR) is 118 cm³/mol. The van der Waals surface area contributed by atoms with Crippen LogP contribution in [0.4, 0.5) is 11.4 Å². The van der Waals surface area contributed by atoms with Gasteiger partial charge in [0.15, 0.2) is 0 Å². The van der Waals surface area contributed by atoms with E-state index < -0.39 is 5.97 Å². The van der Waals surface area contributed by atoms with Gasteiger partial charge in [-0.05, 0) is 68.0 Å². The van der Waals surface area contributed by atoms with Crippen molar-refractivity contribution < 1.29 is 9.90 Å². The van der Waals surface area contributed by atoms with Crippen molar-refractivity contribution in [2.45, 2.75) is 39.0 Å². The number of nitrogens with zero attached hydrogens (tertiary/aromatic N) is 2. The number of carboxylic acids is 1. The monoisotopic (exact) mass is 392 g/mol. The van der Waals surface area contributed by atoms with Crippen LogP contribution in [-0.4, -0.2) is 42.2 Å². The molecule has 2 aliphatic heterocycles. The Kier molecular flexibility index (Phi) is 6.19.